The molecular formula is C22H18ClFN2O4S. The number of hydrogen-bond acceptors (Lipinski definition) is 5. The highest BCUT2D eigenvalue weighted by atomic mass is 35.5. The van der Waals surface area contributed by atoms with Gasteiger partial charge in [-0.05, 0) is 61.9 Å². The lowest BCUT2D eigenvalue weighted by Gasteiger charge is -2.07. The van der Waals surface area contributed by atoms with Crippen LogP contribution in [0.15, 0.2) is 48.5 Å². The first-order chi connectivity index (χ1) is 14.8. The number of esters is 1. The van der Waals surface area contributed by atoms with Crippen LogP contribution in [-0.2, 0) is 4.74 Å². The SMILES string of the molecule is CCOC(=O)c1c(NC(=O)c2ccc(F)cc2)sc(C(=O)Nc2cccc(Cl)c2)c1C. The zero-order valence-corrected chi connectivity index (χ0v) is 18.2. The van der Waals surface area contributed by atoms with Gasteiger partial charge >= 0.3 is 5.97 Å². The third-order valence-corrected chi connectivity index (χ3v) is 5.69. The first kappa shape index (κ1) is 22.5. The number of rotatable bonds is 6. The summed E-state index contributed by atoms with van der Waals surface area (Å²) in [6.45, 7) is 3.38. The van der Waals surface area contributed by atoms with E-state index in [0.29, 0.717) is 16.3 Å². The molecule has 0 aliphatic rings. The summed E-state index contributed by atoms with van der Waals surface area (Å²) < 4.78 is 18.2. The van der Waals surface area contributed by atoms with Crippen molar-refractivity contribution in [3.05, 3.63) is 80.9 Å². The minimum absolute atomic E-state index is 0.0959. The molecule has 0 aliphatic carbocycles. The molecule has 0 atom stereocenters. The van der Waals surface area contributed by atoms with Gasteiger partial charge in [0.25, 0.3) is 11.8 Å². The lowest BCUT2D eigenvalue weighted by molar-refractivity contribution is 0.0527. The third kappa shape index (κ3) is 5.28. The van der Waals surface area contributed by atoms with Gasteiger partial charge in [-0.1, -0.05) is 17.7 Å². The Kier molecular flexibility index (Phi) is 7.04. The molecule has 2 aromatic carbocycles. The van der Waals surface area contributed by atoms with Gasteiger partial charge in [-0.3, -0.25) is 9.59 Å². The summed E-state index contributed by atoms with van der Waals surface area (Å²) in [5.41, 5.74) is 1.16. The maximum Gasteiger partial charge on any atom is 0.341 e. The predicted octanol–water partition coefficient (Wildman–Crippen LogP) is 5.53. The quantitative estimate of drug-likeness (QED) is 0.473. The molecule has 2 amide bonds. The molecule has 0 bridgehead atoms. The van der Waals surface area contributed by atoms with E-state index in [4.69, 9.17) is 16.3 Å². The molecule has 6 nitrogen and oxygen atoms in total. The smallest absolute Gasteiger partial charge is 0.341 e. The minimum Gasteiger partial charge on any atom is -0.462 e. The fourth-order valence-electron chi connectivity index (χ4n) is 2.80. The summed E-state index contributed by atoms with van der Waals surface area (Å²) in [5, 5.41) is 5.98. The number of anilines is 2. The van der Waals surface area contributed by atoms with E-state index in [1.165, 1.54) is 12.1 Å². The second kappa shape index (κ2) is 9.72. The molecule has 3 rings (SSSR count). The summed E-state index contributed by atoms with van der Waals surface area (Å²) in [6.07, 6.45) is 0. The van der Waals surface area contributed by atoms with Crippen molar-refractivity contribution in [2.45, 2.75) is 13.8 Å². The Labute approximate surface area is 187 Å². The number of carbonyl (C=O) groups excluding carboxylic acids is 3. The number of thiophene rings is 1. The van der Waals surface area contributed by atoms with E-state index in [2.05, 4.69) is 10.6 Å². The van der Waals surface area contributed by atoms with Crippen LogP contribution in [-0.4, -0.2) is 24.4 Å². The molecule has 0 aliphatic heterocycles. The first-order valence-corrected chi connectivity index (χ1v) is 10.4. The molecular weight excluding hydrogens is 443 g/mol. The second-order valence-corrected chi connectivity index (χ2v) is 7.86. The number of hydrogen-bond donors (Lipinski definition) is 2. The standard InChI is InChI=1S/C22H18ClFN2O4S/c1-3-30-22(29)17-12(2)18(20(28)25-16-6-4-5-14(23)11-16)31-21(17)26-19(27)13-7-9-15(24)10-8-13/h4-11H,3H2,1-2H3,(H,25,28)(H,26,27). The fourth-order valence-corrected chi connectivity index (χ4v) is 4.07. The molecule has 9 heteroatoms. The zero-order valence-electron chi connectivity index (χ0n) is 16.6. The molecule has 0 spiro atoms. The number of ether oxygens (including phenoxy) is 1. The highest BCUT2D eigenvalue weighted by Crippen LogP contribution is 2.35. The average molecular weight is 461 g/mol. The van der Waals surface area contributed by atoms with E-state index in [1.807, 2.05) is 0 Å². The Morgan fingerprint density at radius 2 is 1.77 bits per heavy atom. The molecule has 0 saturated heterocycles. The van der Waals surface area contributed by atoms with Gasteiger partial charge in [0.2, 0.25) is 0 Å². The largest absolute Gasteiger partial charge is 0.462 e. The summed E-state index contributed by atoms with van der Waals surface area (Å²) in [6, 6.07) is 11.6. The van der Waals surface area contributed by atoms with E-state index >= 15 is 0 Å². The number of halogens is 2. The molecule has 31 heavy (non-hydrogen) atoms. The van der Waals surface area contributed by atoms with Crippen LogP contribution in [0.2, 0.25) is 5.02 Å². The van der Waals surface area contributed by atoms with E-state index in [-0.39, 0.29) is 27.6 Å². The Morgan fingerprint density at radius 1 is 1.06 bits per heavy atom. The monoisotopic (exact) mass is 460 g/mol. The van der Waals surface area contributed by atoms with Crippen molar-refractivity contribution >= 4 is 51.4 Å². The molecule has 1 aromatic heterocycles. The Bertz CT molecular complexity index is 1140. The van der Waals surface area contributed by atoms with E-state index in [1.54, 1.807) is 38.1 Å². The van der Waals surface area contributed by atoms with E-state index < -0.39 is 23.6 Å². The van der Waals surface area contributed by atoms with Crippen molar-refractivity contribution < 1.29 is 23.5 Å². The van der Waals surface area contributed by atoms with Crippen LogP contribution in [0.5, 0.6) is 0 Å². The average Bonchev–Trinajstić information content (AvgIpc) is 3.04. The summed E-state index contributed by atoms with van der Waals surface area (Å²) in [7, 11) is 0. The molecule has 0 radical (unpaired) electrons. The van der Waals surface area contributed by atoms with Gasteiger partial charge < -0.3 is 15.4 Å². The lowest BCUT2D eigenvalue weighted by Crippen LogP contribution is -2.15. The van der Waals surface area contributed by atoms with Crippen LogP contribution in [0, 0.1) is 12.7 Å². The number of benzene rings is 2. The van der Waals surface area contributed by atoms with Crippen LogP contribution >= 0.6 is 22.9 Å². The molecule has 0 unspecified atom stereocenters. The zero-order chi connectivity index (χ0) is 22.5. The molecule has 0 fully saturated rings. The Balaban J connectivity index is 1.94. The van der Waals surface area contributed by atoms with E-state index in [0.717, 1.165) is 23.5 Å². The molecule has 160 valence electrons. The van der Waals surface area contributed by atoms with Gasteiger partial charge in [0, 0.05) is 16.3 Å². The van der Waals surface area contributed by atoms with Crippen LogP contribution in [0.4, 0.5) is 15.1 Å². The van der Waals surface area contributed by atoms with Crippen molar-refractivity contribution in [2.24, 2.45) is 0 Å². The van der Waals surface area contributed by atoms with Crippen LogP contribution < -0.4 is 10.6 Å². The van der Waals surface area contributed by atoms with Crippen molar-refractivity contribution in [3.8, 4) is 0 Å². The van der Waals surface area contributed by atoms with E-state index in [9.17, 15) is 18.8 Å². The van der Waals surface area contributed by atoms with Gasteiger partial charge in [-0.25, -0.2) is 9.18 Å². The Hall–Kier alpha value is -3.23. The number of nitrogens with one attached hydrogen (secondary N) is 2. The summed E-state index contributed by atoms with van der Waals surface area (Å²) >= 11 is 6.90. The fraction of sp³-hybridized carbons (Fsp3) is 0.136. The molecule has 0 saturated carbocycles. The highest BCUT2D eigenvalue weighted by Gasteiger charge is 2.27. The minimum atomic E-state index is -0.660. The van der Waals surface area contributed by atoms with Crippen molar-refractivity contribution in [3.63, 3.8) is 0 Å². The van der Waals surface area contributed by atoms with Gasteiger partial charge in [0.1, 0.15) is 10.8 Å². The maximum absolute atomic E-state index is 13.1. The molecule has 2 N–H and O–H groups in total. The van der Waals surface area contributed by atoms with Crippen LogP contribution in [0.3, 0.4) is 0 Å². The van der Waals surface area contributed by atoms with Crippen LogP contribution in [0.1, 0.15) is 42.9 Å². The number of carbonyl (C=O) groups is 3. The van der Waals surface area contributed by atoms with Crippen molar-refractivity contribution in [2.75, 3.05) is 17.2 Å². The summed E-state index contributed by atoms with van der Waals surface area (Å²) in [4.78, 5) is 38.2. The van der Waals surface area contributed by atoms with Gasteiger partial charge in [-0.2, -0.15) is 0 Å². The normalized spacial score (nSPS) is 10.5. The second-order valence-electron chi connectivity index (χ2n) is 6.41. The van der Waals surface area contributed by atoms with Crippen molar-refractivity contribution in [1.82, 2.24) is 0 Å². The molecule has 1 heterocycles. The third-order valence-electron chi connectivity index (χ3n) is 4.25. The maximum atomic E-state index is 13.1. The first-order valence-electron chi connectivity index (χ1n) is 9.24. The topological polar surface area (TPSA) is 84.5 Å². The lowest BCUT2D eigenvalue weighted by atomic mass is 10.1. The summed E-state index contributed by atoms with van der Waals surface area (Å²) in [5.74, 6) is -2.14. The molecule has 3 aromatic rings. The Morgan fingerprint density at radius 3 is 2.42 bits per heavy atom. The van der Waals surface area contributed by atoms with Crippen LogP contribution in [0.25, 0.3) is 0 Å². The highest BCUT2D eigenvalue weighted by molar-refractivity contribution is 7.19. The van der Waals surface area contributed by atoms with Gasteiger partial charge in [0.15, 0.2) is 0 Å². The number of amides is 2. The van der Waals surface area contributed by atoms with Gasteiger partial charge in [0.05, 0.1) is 17.0 Å². The van der Waals surface area contributed by atoms with Crippen molar-refractivity contribution in [1.29, 1.82) is 0 Å². The van der Waals surface area contributed by atoms with Gasteiger partial charge in [-0.15, -0.1) is 11.3 Å². The predicted molar refractivity (Wildman–Crippen MR) is 119 cm³/mol.